The zero-order valence-electron chi connectivity index (χ0n) is 14.1. The van der Waals surface area contributed by atoms with Gasteiger partial charge in [0.05, 0.1) is 12.6 Å². The maximum atomic E-state index is 13.6. The number of halogens is 1. The molecule has 0 saturated heterocycles. The molecule has 0 spiro atoms. The Morgan fingerprint density at radius 2 is 1.57 bits per heavy atom. The van der Waals surface area contributed by atoms with E-state index in [0.717, 1.165) is 18.9 Å². The van der Waals surface area contributed by atoms with E-state index < -0.39 is 11.8 Å². The number of carboxylic acid groups (broad SMARTS) is 1. The van der Waals surface area contributed by atoms with Crippen LogP contribution in [-0.4, -0.2) is 12.6 Å². The first-order chi connectivity index (χ1) is 11.1. The second kappa shape index (κ2) is 11.9. The van der Waals surface area contributed by atoms with Crippen molar-refractivity contribution in [3.8, 4) is 5.75 Å². The van der Waals surface area contributed by atoms with Crippen LogP contribution in [0, 0.1) is 5.82 Å². The first-order valence-electron chi connectivity index (χ1n) is 8.79. The van der Waals surface area contributed by atoms with Gasteiger partial charge in [-0.05, 0) is 24.6 Å². The highest BCUT2D eigenvalue weighted by Crippen LogP contribution is 2.18. The lowest BCUT2D eigenvalue weighted by Crippen LogP contribution is -2.22. The fourth-order valence-corrected chi connectivity index (χ4v) is 2.52. The molecule has 0 aliphatic carbocycles. The highest BCUT2D eigenvalue weighted by atomic mass is 19.1. The van der Waals surface area contributed by atoms with Crippen molar-refractivity contribution in [2.75, 3.05) is 6.61 Å². The Labute approximate surface area is 138 Å². The number of rotatable bonds is 13. The topological polar surface area (TPSA) is 49.4 Å². The minimum absolute atomic E-state index is 0.103. The highest BCUT2D eigenvalue weighted by molar-refractivity contribution is 5.85. The van der Waals surface area contributed by atoms with Crippen LogP contribution >= 0.6 is 0 Å². The van der Waals surface area contributed by atoms with Gasteiger partial charge in [0.2, 0.25) is 0 Å². The number of carbonyl (C=O) groups excluding carboxylic acids is 1. The zero-order valence-corrected chi connectivity index (χ0v) is 14.1. The van der Waals surface area contributed by atoms with Crippen molar-refractivity contribution < 1.29 is 19.0 Å². The average Bonchev–Trinajstić information content (AvgIpc) is 2.53. The number of benzene rings is 1. The Morgan fingerprint density at radius 1 is 1.00 bits per heavy atom. The predicted molar refractivity (Wildman–Crippen MR) is 88.1 cm³/mol. The van der Waals surface area contributed by atoms with Gasteiger partial charge < -0.3 is 14.6 Å². The standard InChI is InChI=1S/C19H29FO3/c1-2-3-4-5-6-7-8-9-10-11-14-23-18-13-12-16(19(21)22)15-17(18)20/h12-13,15H,2-11,14H2,1H3,(H,21,22)/p-1. The number of ether oxygens (including phenoxy) is 1. The van der Waals surface area contributed by atoms with Gasteiger partial charge >= 0.3 is 0 Å². The van der Waals surface area contributed by atoms with E-state index in [1.54, 1.807) is 0 Å². The van der Waals surface area contributed by atoms with Crippen LogP contribution in [0.4, 0.5) is 4.39 Å². The number of aromatic carboxylic acids is 1. The van der Waals surface area contributed by atoms with Crippen molar-refractivity contribution >= 4 is 5.97 Å². The van der Waals surface area contributed by atoms with E-state index in [-0.39, 0.29) is 11.3 Å². The molecular formula is C19H28FO3-. The Hall–Kier alpha value is -1.58. The van der Waals surface area contributed by atoms with E-state index in [9.17, 15) is 14.3 Å². The summed E-state index contributed by atoms with van der Waals surface area (Å²) in [5, 5.41) is 10.6. The predicted octanol–water partition coefficient (Wildman–Crippen LogP) is 4.49. The molecule has 0 saturated carbocycles. The lowest BCUT2D eigenvalue weighted by Gasteiger charge is -2.09. The third-order valence-corrected chi connectivity index (χ3v) is 3.92. The summed E-state index contributed by atoms with van der Waals surface area (Å²) < 4.78 is 19.0. The molecule has 0 bridgehead atoms. The van der Waals surface area contributed by atoms with Gasteiger partial charge in [-0.1, -0.05) is 64.7 Å². The summed E-state index contributed by atoms with van der Waals surface area (Å²) in [7, 11) is 0. The number of hydrogen-bond donors (Lipinski definition) is 0. The molecule has 0 aromatic heterocycles. The van der Waals surface area contributed by atoms with E-state index >= 15 is 0 Å². The van der Waals surface area contributed by atoms with Crippen LogP contribution in [0.2, 0.25) is 0 Å². The van der Waals surface area contributed by atoms with Gasteiger partial charge in [-0.2, -0.15) is 0 Å². The summed E-state index contributed by atoms with van der Waals surface area (Å²) in [4.78, 5) is 10.6. The quantitative estimate of drug-likeness (QED) is 0.503. The molecule has 0 fully saturated rings. The number of carbonyl (C=O) groups is 1. The Bertz CT molecular complexity index is 460. The van der Waals surface area contributed by atoms with E-state index in [0.29, 0.717) is 6.61 Å². The van der Waals surface area contributed by atoms with Crippen molar-refractivity contribution in [2.24, 2.45) is 0 Å². The van der Waals surface area contributed by atoms with Crippen molar-refractivity contribution in [2.45, 2.75) is 71.1 Å². The smallest absolute Gasteiger partial charge is 0.165 e. The molecule has 0 unspecified atom stereocenters. The molecule has 3 nitrogen and oxygen atoms in total. The van der Waals surface area contributed by atoms with Crippen LogP contribution in [0.1, 0.15) is 81.5 Å². The second-order valence-electron chi connectivity index (χ2n) is 5.96. The minimum Gasteiger partial charge on any atom is -0.545 e. The van der Waals surface area contributed by atoms with Gasteiger partial charge in [0, 0.05) is 5.56 Å². The molecule has 0 atom stereocenters. The van der Waals surface area contributed by atoms with Crippen LogP contribution in [0.25, 0.3) is 0 Å². The van der Waals surface area contributed by atoms with Crippen LogP contribution in [0.5, 0.6) is 5.75 Å². The number of unbranched alkanes of at least 4 members (excludes halogenated alkanes) is 9. The molecule has 0 radical (unpaired) electrons. The number of carboxylic acids is 1. The SMILES string of the molecule is CCCCCCCCCCCCOc1ccc(C(=O)[O-])cc1F. The van der Waals surface area contributed by atoms with Crippen LogP contribution in [0.15, 0.2) is 18.2 Å². The summed E-state index contributed by atoms with van der Waals surface area (Å²) in [6.07, 6.45) is 12.4. The summed E-state index contributed by atoms with van der Waals surface area (Å²) in [6.45, 7) is 2.68. The van der Waals surface area contributed by atoms with Gasteiger partial charge in [0.15, 0.2) is 11.6 Å². The molecule has 23 heavy (non-hydrogen) atoms. The first kappa shape index (κ1) is 19.5. The van der Waals surface area contributed by atoms with Gasteiger partial charge in [-0.15, -0.1) is 0 Å². The lowest BCUT2D eigenvalue weighted by molar-refractivity contribution is -0.255. The van der Waals surface area contributed by atoms with Crippen molar-refractivity contribution in [3.63, 3.8) is 0 Å². The van der Waals surface area contributed by atoms with Crippen molar-refractivity contribution in [3.05, 3.63) is 29.6 Å². The van der Waals surface area contributed by atoms with Crippen LogP contribution in [0.3, 0.4) is 0 Å². The van der Waals surface area contributed by atoms with E-state index in [4.69, 9.17) is 4.74 Å². The molecule has 0 N–H and O–H groups in total. The third-order valence-electron chi connectivity index (χ3n) is 3.92. The van der Waals surface area contributed by atoms with Crippen LogP contribution < -0.4 is 9.84 Å². The Balaban J connectivity index is 2.04. The van der Waals surface area contributed by atoms with Gasteiger partial charge in [-0.3, -0.25) is 0 Å². The van der Waals surface area contributed by atoms with Crippen molar-refractivity contribution in [1.29, 1.82) is 0 Å². The third kappa shape index (κ3) is 8.58. The minimum atomic E-state index is -1.38. The largest absolute Gasteiger partial charge is 0.545 e. The lowest BCUT2D eigenvalue weighted by atomic mass is 10.1. The van der Waals surface area contributed by atoms with Crippen LogP contribution in [-0.2, 0) is 0 Å². The van der Waals surface area contributed by atoms with E-state index in [1.165, 1.54) is 63.5 Å². The van der Waals surface area contributed by atoms with Gasteiger partial charge in [-0.25, -0.2) is 4.39 Å². The maximum Gasteiger partial charge on any atom is 0.165 e. The van der Waals surface area contributed by atoms with E-state index in [2.05, 4.69) is 6.92 Å². The fraction of sp³-hybridized carbons (Fsp3) is 0.632. The molecule has 0 aliphatic rings. The number of hydrogen-bond acceptors (Lipinski definition) is 3. The second-order valence-corrected chi connectivity index (χ2v) is 5.96. The maximum absolute atomic E-state index is 13.6. The molecular weight excluding hydrogens is 295 g/mol. The monoisotopic (exact) mass is 323 g/mol. The summed E-state index contributed by atoms with van der Waals surface area (Å²) in [6, 6.07) is 3.58. The van der Waals surface area contributed by atoms with Gasteiger partial charge in [0.25, 0.3) is 0 Å². The summed E-state index contributed by atoms with van der Waals surface area (Å²) in [5.74, 6) is -1.94. The zero-order chi connectivity index (χ0) is 16.9. The molecule has 1 aromatic carbocycles. The van der Waals surface area contributed by atoms with E-state index in [1.807, 2.05) is 0 Å². The van der Waals surface area contributed by atoms with Crippen molar-refractivity contribution in [1.82, 2.24) is 0 Å². The molecule has 1 rings (SSSR count). The molecule has 4 heteroatoms. The summed E-state index contributed by atoms with van der Waals surface area (Å²) >= 11 is 0. The average molecular weight is 323 g/mol. The molecule has 130 valence electrons. The molecule has 0 heterocycles. The Morgan fingerprint density at radius 3 is 2.09 bits per heavy atom. The molecule has 0 aliphatic heterocycles. The highest BCUT2D eigenvalue weighted by Gasteiger charge is 2.05. The normalized spacial score (nSPS) is 10.7. The first-order valence-corrected chi connectivity index (χ1v) is 8.79. The molecule has 1 aromatic rings. The molecule has 0 amide bonds. The fourth-order valence-electron chi connectivity index (χ4n) is 2.52. The Kier molecular flexibility index (Phi) is 10.1. The van der Waals surface area contributed by atoms with Gasteiger partial charge in [0.1, 0.15) is 0 Å². The summed E-state index contributed by atoms with van der Waals surface area (Å²) in [5.41, 5.74) is -0.172.